The van der Waals surface area contributed by atoms with Gasteiger partial charge < -0.3 is 10.4 Å². The normalized spacial score (nSPS) is 10.6. The van der Waals surface area contributed by atoms with E-state index < -0.39 is 11.9 Å². The molecule has 0 aliphatic heterocycles. The number of carboxylic acids is 1. The van der Waals surface area contributed by atoms with Crippen molar-refractivity contribution in [2.75, 3.05) is 6.54 Å². The number of benzene rings is 1. The molecule has 0 atom stereocenters. The first kappa shape index (κ1) is 16.8. The molecule has 25 heavy (non-hydrogen) atoms. The van der Waals surface area contributed by atoms with Crippen molar-refractivity contribution in [2.45, 2.75) is 6.42 Å². The number of amides is 1. The summed E-state index contributed by atoms with van der Waals surface area (Å²) in [5.41, 5.74) is 0.557. The van der Waals surface area contributed by atoms with Crippen LogP contribution >= 0.6 is 11.3 Å². The Kier molecular flexibility index (Phi) is 4.85. The van der Waals surface area contributed by atoms with Crippen molar-refractivity contribution in [2.24, 2.45) is 0 Å². The molecular weight excluding hydrogens is 347 g/mol. The number of rotatable bonds is 6. The molecule has 0 radical (unpaired) electrons. The average Bonchev–Trinajstić information content (AvgIpc) is 3.24. The van der Waals surface area contributed by atoms with E-state index in [1.807, 2.05) is 17.5 Å². The van der Waals surface area contributed by atoms with E-state index in [-0.39, 0.29) is 24.6 Å². The topological polar surface area (TPSA) is 97.1 Å². The monoisotopic (exact) mass is 360 g/mol. The maximum Gasteiger partial charge on any atom is 0.305 e. The van der Waals surface area contributed by atoms with Crippen LogP contribution in [0, 0.1) is 5.82 Å². The number of thiophene rings is 1. The summed E-state index contributed by atoms with van der Waals surface area (Å²) < 4.78 is 14.6. The van der Waals surface area contributed by atoms with Gasteiger partial charge in [0.2, 0.25) is 5.82 Å². The highest BCUT2D eigenvalue weighted by Gasteiger charge is 2.19. The zero-order valence-electron chi connectivity index (χ0n) is 12.8. The van der Waals surface area contributed by atoms with Crippen LogP contribution in [0.15, 0.2) is 41.8 Å². The van der Waals surface area contributed by atoms with Gasteiger partial charge in [0.1, 0.15) is 5.82 Å². The van der Waals surface area contributed by atoms with Crippen LogP contribution in [-0.4, -0.2) is 38.3 Å². The number of nitrogens with one attached hydrogen (secondary N) is 1. The summed E-state index contributed by atoms with van der Waals surface area (Å²) in [7, 11) is 0. The Labute approximate surface area is 145 Å². The van der Waals surface area contributed by atoms with Gasteiger partial charge in [-0.2, -0.15) is 0 Å². The van der Waals surface area contributed by atoms with Gasteiger partial charge in [-0.25, -0.2) is 14.1 Å². The van der Waals surface area contributed by atoms with Gasteiger partial charge in [0, 0.05) is 6.54 Å². The molecule has 0 aliphatic rings. The van der Waals surface area contributed by atoms with Gasteiger partial charge in [-0.05, 0) is 35.7 Å². The molecule has 0 aliphatic carbocycles. The van der Waals surface area contributed by atoms with Crippen molar-refractivity contribution in [1.29, 1.82) is 0 Å². The van der Waals surface area contributed by atoms with E-state index in [1.54, 1.807) is 0 Å². The molecule has 2 heterocycles. The fourth-order valence-electron chi connectivity index (χ4n) is 2.10. The number of hydrogen-bond acceptors (Lipinski definition) is 5. The van der Waals surface area contributed by atoms with Crippen molar-refractivity contribution >= 4 is 23.2 Å². The third-order valence-corrected chi connectivity index (χ3v) is 4.11. The second-order valence-corrected chi connectivity index (χ2v) is 5.97. The molecule has 0 saturated carbocycles. The number of carboxylic acid groups (broad SMARTS) is 1. The first-order valence-electron chi connectivity index (χ1n) is 7.31. The second-order valence-electron chi connectivity index (χ2n) is 5.02. The van der Waals surface area contributed by atoms with E-state index in [1.165, 1.54) is 40.3 Å². The minimum atomic E-state index is -1.01. The Morgan fingerprint density at radius 3 is 2.64 bits per heavy atom. The predicted octanol–water partition coefficient (Wildman–Crippen LogP) is 2.34. The van der Waals surface area contributed by atoms with Crippen LogP contribution in [0.3, 0.4) is 0 Å². The highest BCUT2D eigenvalue weighted by Crippen LogP contribution is 2.25. The van der Waals surface area contributed by atoms with E-state index in [0.717, 1.165) is 4.88 Å². The Hall–Kier alpha value is -3.07. The Balaban J connectivity index is 1.93. The number of hydrogen-bond donors (Lipinski definition) is 2. The standard InChI is InChI=1S/C16H13FN4O3S/c17-10-3-5-11(6-4-10)21-15(12-2-1-9-25-12)19-14(20-21)16(24)18-8-7-13(22)23/h1-6,9H,7-8H2,(H,18,24)(H,22,23). The van der Waals surface area contributed by atoms with Crippen molar-refractivity contribution in [3.8, 4) is 16.4 Å². The summed E-state index contributed by atoms with van der Waals surface area (Å²) in [5, 5.41) is 17.1. The van der Waals surface area contributed by atoms with Crippen LogP contribution in [0.25, 0.3) is 16.4 Å². The van der Waals surface area contributed by atoms with Crippen LogP contribution < -0.4 is 5.32 Å². The van der Waals surface area contributed by atoms with Crippen LogP contribution in [0.1, 0.15) is 17.0 Å². The van der Waals surface area contributed by atoms with Gasteiger partial charge >= 0.3 is 5.97 Å². The SMILES string of the molecule is O=C(O)CCNC(=O)c1nc(-c2cccs2)n(-c2ccc(F)cc2)n1. The molecule has 2 N–H and O–H groups in total. The van der Waals surface area contributed by atoms with Crippen LogP contribution in [0.5, 0.6) is 0 Å². The molecule has 3 rings (SSSR count). The lowest BCUT2D eigenvalue weighted by molar-refractivity contribution is -0.136. The first-order valence-corrected chi connectivity index (χ1v) is 8.19. The average molecular weight is 360 g/mol. The molecule has 1 amide bonds. The molecule has 128 valence electrons. The molecule has 0 saturated heterocycles. The van der Waals surface area contributed by atoms with Crippen molar-refractivity contribution in [3.05, 3.63) is 53.4 Å². The van der Waals surface area contributed by atoms with Gasteiger partial charge in [0.15, 0.2) is 5.82 Å². The number of aromatic nitrogens is 3. The van der Waals surface area contributed by atoms with Crippen molar-refractivity contribution in [1.82, 2.24) is 20.1 Å². The molecule has 0 fully saturated rings. The van der Waals surface area contributed by atoms with Gasteiger partial charge in [-0.15, -0.1) is 16.4 Å². The lowest BCUT2D eigenvalue weighted by Crippen LogP contribution is -2.27. The predicted molar refractivity (Wildman–Crippen MR) is 89.2 cm³/mol. The van der Waals surface area contributed by atoms with E-state index in [4.69, 9.17) is 5.11 Å². The Morgan fingerprint density at radius 2 is 2.00 bits per heavy atom. The largest absolute Gasteiger partial charge is 0.481 e. The molecule has 0 bridgehead atoms. The van der Waals surface area contributed by atoms with Gasteiger partial charge in [-0.3, -0.25) is 9.59 Å². The third-order valence-electron chi connectivity index (χ3n) is 3.25. The summed E-state index contributed by atoms with van der Waals surface area (Å²) in [5.74, 6) is -1.60. The lowest BCUT2D eigenvalue weighted by Gasteiger charge is -2.04. The fraction of sp³-hybridized carbons (Fsp3) is 0.125. The van der Waals surface area contributed by atoms with E-state index in [9.17, 15) is 14.0 Å². The maximum absolute atomic E-state index is 13.2. The number of halogens is 1. The van der Waals surface area contributed by atoms with Crippen molar-refractivity contribution in [3.63, 3.8) is 0 Å². The zero-order valence-corrected chi connectivity index (χ0v) is 13.7. The lowest BCUT2D eigenvalue weighted by atomic mass is 10.3. The molecule has 1 aromatic carbocycles. The molecule has 0 unspecified atom stereocenters. The van der Waals surface area contributed by atoms with Crippen molar-refractivity contribution < 1.29 is 19.1 Å². The highest BCUT2D eigenvalue weighted by molar-refractivity contribution is 7.13. The summed E-state index contributed by atoms with van der Waals surface area (Å²) >= 11 is 1.43. The molecule has 2 aromatic heterocycles. The van der Waals surface area contributed by atoms with E-state index in [0.29, 0.717) is 11.5 Å². The van der Waals surface area contributed by atoms with Gasteiger partial charge in [-0.1, -0.05) is 6.07 Å². The molecule has 3 aromatic rings. The smallest absolute Gasteiger partial charge is 0.305 e. The second kappa shape index (κ2) is 7.22. The van der Waals surface area contributed by atoms with Gasteiger partial charge in [0.25, 0.3) is 5.91 Å². The molecule has 0 spiro atoms. The number of aliphatic carboxylic acids is 1. The van der Waals surface area contributed by atoms with E-state index in [2.05, 4.69) is 15.4 Å². The minimum Gasteiger partial charge on any atom is -0.481 e. The van der Waals surface area contributed by atoms with Crippen LogP contribution in [0.2, 0.25) is 0 Å². The fourth-order valence-corrected chi connectivity index (χ4v) is 2.80. The first-order chi connectivity index (χ1) is 12.0. The summed E-state index contributed by atoms with van der Waals surface area (Å²) in [6.07, 6.45) is -0.192. The summed E-state index contributed by atoms with van der Waals surface area (Å²) in [6.45, 7) is -0.0202. The van der Waals surface area contributed by atoms with Crippen LogP contribution in [-0.2, 0) is 4.79 Å². The maximum atomic E-state index is 13.2. The zero-order chi connectivity index (χ0) is 17.8. The number of carbonyl (C=O) groups is 2. The Bertz CT molecular complexity index is 891. The number of nitrogens with zero attached hydrogens (tertiary/aromatic N) is 3. The van der Waals surface area contributed by atoms with E-state index >= 15 is 0 Å². The highest BCUT2D eigenvalue weighted by atomic mass is 32.1. The van der Waals surface area contributed by atoms with Crippen LogP contribution in [0.4, 0.5) is 4.39 Å². The third kappa shape index (κ3) is 3.89. The number of carbonyl (C=O) groups excluding carboxylic acids is 1. The summed E-state index contributed by atoms with van der Waals surface area (Å²) in [4.78, 5) is 27.7. The molecular formula is C16H13FN4O3S. The molecule has 7 nitrogen and oxygen atoms in total. The summed E-state index contributed by atoms with van der Waals surface area (Å²) in [6, 6.07) is 9.33. The molecule has 9 heteroatoms. The minimum absolute atomic E-state index is 0.0202. The quantitative estimate of drug-likeness (QED) is 0.703. The Morgan fingerprint density at radius 1 is 1.24 bits per heavy atom. The van der Waals surface area contributed by atoms with Gasteiger partial charge in [0.05, 0.1) is 17.0 Å².